The Hall–Kier alpha value is -3.28. The molecule has 1 fully saturated rings. The fraction of sp³-hybridized carbons (Fsp3) is 0.400. The topological polar surface area (TPSA) is 135 Å². The number of carbonyl (C=O) groups is 1. The molecule has 31 heavy (non-hydrogen) atoms. The number of nitrogens with zero attached hydrogens (tertiary/aromatic N) is 4. The molecule has 1 aliphatic rings. The van der Waals surface area contributed by atoms with Crippen molar-refractivity contribution in [3.8, 4) is 0 Å². The van der Waals surface area contributed by atoms with Crippen molar-refractivity contribution in [3.63, 3.8) is 0 Å². The summed E-state index contributed by atoms with van der Waals surface area (Å²) in [6.45, 7) is 2.02. The Morgan fingerprint density at radius 2 is 2.19 bits per heavy atom. The number of nitrogens with one attached hydrogen (secondary N) is 2. The number of aliphatic hydroxyl groups excluding tert-OH is 1. The van der Waals surface area contributed by atoms with E-state index in [9.17, 15) is 14.7 Å². The zero-order valence-electron chi connectivity index (χ0n) is 17.2. The molecule has 3 N–H and O–H groups in total. The molecular formula is C20H24N6O5. The van der Waals surface area contributed by atoms with Crippen LogP contribution < -0.4 is 11.0 Å². The lowest BCUT2D eigenvalue weighted by molar-refractivity contribution is -0.126. The summed E-state index contributed by atoms with van der Waals surface area (Å²) in [4.78, 5) is 34.8. The van der Waals surface area contributed by atoms with E-state index >= 15 is 0 Å². The number of aromatic amines is 1. The van der Waals surface area contributed by atoms with Gasteiger partial charge in [-0.2, -0.15) is 4.98 Å². The van der Waals surface area contributed by atoms with Crippen LogP contribution in [0.25, 0.3) is 11.2 Å². The molecule has 0 unspecified atom stereocenters. The third kappa shape index (κ3) is 4.58. The number of rotatable bonds is 7. The molecule has 11 heteroatoms. The monoisotopic (exact) mass is 428 g/mol. The Bertz CT molecular complexity index is 1110. The van der Waals surface area contributed by atoms with Crippen LogP contribution in [0.4, 0.5) is 5.95 Å². The summed E-state index contributed by atoms with van der Waals surface area (Å²) in [6, 6.07) is 9.73. The highest BCUT2D eigenvalue weighted by Crippen LogP contribution is 2.30. The number of hydrazine groups is 1. The summed E-state index contributed by atoms with van der Waals surface area (Å²) in [5.74, 6) is -0.157. The van der Waals surface area contributed by atoms with Gasteiger partial charge in [0.05, 0.1) is 25.6 Å². The van der Waals surface area contributed by atoms with Crippen molar-refractivity contribution in [3.05, 3.63) is 52.6 Å². The number of carbonyl (C=O) groups excluding carboxylic acids is 1. The summed E-state index contributed by atoms with van der Waals surface area (Å²) < 4.78 is 13.3. The molecule has 0 bridgehead atoms. The normalized spacial score (nSPS) is 20.8. The van der Waals surface area contributed by atoms with Crippen LogP contribution in [0.15, 0.2) is 41.5 Å². The van der Waals surface area contributed by atoms with Gasteiger partial charge in [0, 0.05) is 20.4 Å². The van der Waals surface area contributed by atoms with Gasteiger partial charge in [-0.15, -0.1) is 0 Å². The summed E-state index contributed by atoms with van der Waals surface area (Å²) in [6.07, 6.45) is -0.0555. The quantitative estimate of drug-likeness (QED) is 0.470. The first-order valence-electron chi connectivity index (χ1n) is 9.85. The average Bonchev–Trinajstić information content (AvgIpc) is 3.32. The number of amides is 1. The Kier molecular flexibility index (Phi) is 5.98. The summed E-state index contributed by atoms with van der Waals surface area (Å²) in [5.41, 5.74) is 3.71. The third-order valence-corrected chi connectivity index (χ3v) is 5.09. The molecule has 11 nitrogen and oxygen atoms in total. The Labute approximate surface area is 177 Å². The first-order chi connectivity index (χ1) is 14.9. The number of ether oxygens (including phenoxy) is 2. The zero-order chi connectivity index (χ0) is 22.0. The maximum Gasteiger partial charge on any atom is 0.280 e. The van der Waals surface area contributed by atoms with Gasteiger partial charge in [0.25, 0.3) is 5.56 Å². The molecule has 1 aliphatic heterocycles. The van der Waals surface area contributed by atoms with Crippen LogP contribution in [0, 0.1) is 0 Å². The number of aromatic nitrogens is 4. The Morgan fingerprint density at radius 1 is 1.42 bits per heavy atom. The predicted octanol–water partition coefficient (Wildman–Crippen LogP) is 0.790. The molecule has 0 radical (unpaired) electrons. The second-order valence-electron chi connectivity index (χ2n) is 7.36. The van der Waals surface area contributed by atoms with Crippen LogP contribution in [0.1, 0.15) is 25.1 Å². The third-order valence-electron chi connectivity index (χ3n) is 5.09. The van der Waals surface area contributed by atoms with E-state index in [0.29, 0.717) is 13.0 Å². The van der Waals surface area contributed by atoms with Crippen LogP contribution in [0.3, 0.4) is 0 Å². The standard InChI is InChI=1S/C20H24N6O5/c1-12(27)25(2)24-20-22-18-17(19(29)23-20)21-11-26(18)16-8-14(28)15(31-16)10-30-9-13-6-4-3-5-7-13/h3-7,11,14-16,28H,8-10H2,1-2H3,(H2,22,23,24,29)/t14-,15+,16+/m0/s1. The highest BCUT2D eigenvalue weighted by Gasteiger charge is 2.36. The van der Waals surface area contributed by atoms with Gasteiger partial charge in [0.15, 0.2) is 11.2 Å². The molecule has 1 aromatic carbocycles. The summed E-state index contributed by atoms with van der Waals surface area (Å²) in [7, 11) is 1.51. The van der Waals surface area contributed by atoms with Crippen LogP contribution in [0.2, 0.25) is 0 Å². The minimum Gasteiger partial charge on any atom is -0.390 e. The highest BCUT2D eigenvalue weighted by atomic mass is 16.6. The molecule has 4 rings (SSSR count). The average molecular weight is 428 g/mol. The van der Waals surface area contributed by atoms with E-state index in [-0.39, 0.29) is 29.6 Å². The number of aliphatic hydroxyl groups is 1. The van der Waals surface area contributed by atoms with E-state index in [1.807, 2.05) is 30.3 Å². The molecule has 164 valence electrons. The first kappa shape index (κ1) is 21.0. The van der Waals surface area contributed by atoms with E-state index in [1.54, 1.807) is 4.57 Å². The lowest BCUT2D eigenvalue weighted by Gasteiger charge is -2.17. The van der Waals surface area contributed by atoms with Gasteiger partial charge < -0.3 is 14.6 Å². The van der Waals surface area contributed by atoms with E-state index in [2.05, 4.69) is 20.4 Å². The lowest BCUT2D eigenvalue weighted by Crippen LogP contribution is -2.32. The van der Waals surface area contributed by atoms with E-state index in [1.165, 1.54) is 25.3 Å². The van der Waals surface area contributed by atoms with Gasteiger partial charge in [0.1, 0.15) is 12.3 Å². The second-order valence-corrected chi connectivity index (χ2v) is 7.36. The molecule has 0 spiro atoms. The van der Waals surface area contributed by atoms with Crippen LogP contribution in [-0.2, 0) is 20.9 Å². The van der Waals surface area contributed by atoms with Crippen molar-refractivity contribution in [1.29, 1.82) is 0 Å². The van der Waals surface area contributed by atoms with Crippen molar-refractivity contribution >= 4 is 23.0 Å². The van der Waals surface area contributed by atoms with Crippen LogP contribution in [-0.4, -0.2) is 61.4 Å². The fourth-order valence-corrected chi connectivity index (χ4v) is 3.33. The highest BCUT2D eigenvalue weighted by molar-refractivity contribution is 5.75. The first-order valence-corrected chi connectivity index (χ1v) is 9.85. The summed E-state index contributed by atoms with van der Waals surface area (Å²) in [5, 5.41) is 11.6. The number of benzene rings is 1. The van der Waals surface area contributed by atoms with E-state index in [4.69, 9.17) is 9.47 Å². The van der Waals surface area contributed by atoms with E-state index < -0.39 is 24.0 Å². The largest absolute Gasteiger partial charge is 0.390 e. The number of hydrogen-bond donors (Lipinski definition) is 3. The minimum atomic E-state index is -0.735. The maximum absolute atomic E-state index is 12.4. The Balaban J connectivity index is 1.47. The van der Waals surface area contributed by atoms with Crippen molar-refractivity contribution < 1.29 is 19.4 Å². The molecule has 1 saturated heterocycles. The van der Waals surface area contributed by atoms with Gasteiger partial charge in [-0.3, -0.25) is 29.6 Å². The number of hydrogen-bond acceptors (Lipinski definition) is 8. The molecule has 0 aliphatic carbocycles. The molecule has 3 aromatic rings. The van der Waals surface area contributed by atoms with E-state index in [0.717, 1.165) is 5.56 Å². The molecular weight excluding hydrogens is 404 g/mol. The fourth-order valence-electron chi connectivity index (χ4n) is 3.33. The smallest absolute Gasteiger partial charge is 0.280 e. The lowest BCUT2D eigenvalue weighted by atomic mass is 10.2. The number of imidazole rings is 1. The molecule has 3 heterocycles. The van der Waals surface area contributed by atoms with Crippen molar-refractivity contribution in [2.45, 2.75) is 38.4 Å². The van der Waals surface area contributed by atoms with Crippen LogP contribution in [0.5, 0.6) is 0 Å². The second kappa shape index (κ2) is 8.84. The molecule has 1 amide bonds. The SMILES string of the molecule is CC(=O)N(C)Nc1nc2c(ncn2[C@H]2C[C@H](O)[C@@H](COCc3ccccc3)O2)c(=O)[nH]1. The van der Waals surface area contributed by atoms with Gasteiger partial charge in [-0.05, 0) is 5.56 Å². The van der Waals surface area contributed by atoms with Crippen molar-refractivity contribution in [2.24, 2.45) is 0 Å². The zero-order valence-corrected chi connectivity index (χ0v) is 17.2. The Morgan fingerprint density at radius 3 is 2.94 bits per heavy atom. The maximum atomic E-state index is 12.4. The van der Waals surface area contributed by atoms with Gasteiger partial charge >= 0.3 is 0 Å². The minimum absolute atomic E-state index is 0.0956. The van der Waals surface area contributed by atoms with Crippen molar-refractivity contribution in [1.82, 2.24) is 24.5 Å². The number of fused-ring (bicyclic) bond motifs is 1. The van der Waals surface area contributed by atoms with Crippen molar-refractivity contribution in [2.75, 3.05) is 19.1 Å². The van der Waals surface area contributed by atoms with Gasteiger partial charge in [0.2, 0.25) is 11.9 Å². The number of H-pyrrole nitrogens is 1. The number of anilines is 1. The van der Waals surface area contributed by atoms with Gasteiger partial charge in [-0.1, -0.05) is 30.3 Å². The molecule has 0 saturated carbocycles. The van der Waals surface area contributed by atoms with Gasteiger partial charge in [-0.25, -0.2) is 4.98 Å². The molecule has 3 atom stereocenters. The van der Waals surface area contributed by atoms with Crippen LogP contribution >= 0.6 is 0 Å². The predicted molar refractivity (Wildman–Crippen MR) is 111 cm³/mol. The molecule has 2 aromatic heterocycles. The summed E-state index contributed by atoms with van der Waals surface area (Å²) >= 11 is 0.